The van der Waals surface area contributed by atoms with E-state index in [0.29, 0.717) is 24.0 Å². The third-order valence-corrected chi connectivity index (χ3v) is 6.09. The van der Waals surface area contributed by atoms with Crippen LogP contribution in [0, 0.1) is 17.3 Å². The van der Waals surface area contributed by atoms with Gasteiger partial charge in [0.15, 0.2) is 5.78 Å². The van der Waals surface area contributed by atoms with Crippen molar-refractivity contribution in [3.63, 3.8) is 0 Å². The number of carbonyl (C=O) groups is 1. The van der Waals surface area contributed by atoms with Gasteiger partial charge >= 0.3 is 0 Å². The molecule has 124 valence electrons. The lowest BCUT2D eigenvalue weighted by Gasteiger charge is -2.38. The highest BCUT2D eigenvalue weighted by Crippen LogP contribution is 2.56. The molecule has 0 saturated heterocycles. The summed E-state index contributed by atoms with van der Waals surface area (Å²) < 4.78 is 0. The molecule has 2 aliphatic carbocycles. The van der Waals surface area contributed by atoms with Gasteiger partial charge in [0.1, 0.15) is 0 Å². The Bertz CT molecular complexity index is 494. The molecule has 0 bridgehead atoms. The van der Waals surface area contributed by atoms with Crippen molar-refractivity contribution in [3.05, 3.63) is 23.3 Å². The van der Waals surface area contributed by atoms with E-state index < -0.39 is 5.60 Å². The molecule has 0 aromatic heterocycles. The third kappa shape index (κ3) is 3.53. The molecule has 1 fully saturated rings. The molecule has 0 radical (unpaired) electrons. The van der Waals surface area contributed by atoms with Crippen molar-refractivity contribution < 1.29 is 9.90 Å². The average molecular weight is 304 g/mol. The summed E-state index contributed by atoms with van der Waals surface area (Å²) in [4.78, 5) is 12.2. The standard InChI is InChI=1S/C20H32O2/c1-14(2)7-6-11-20(5,22)17-10-12-19(4)13-18(21)15(3)8-9-16(17)19/h7-8,16-17,22H,6,9-13H2,1-5H3. The van der Waals surface area contributed by atoms with Crippen LogP contribution in [0.3, 0.4) is 0 Å². The van der Waals surface area contributed by atoms with Gasteiger partial charge in [0.2, 0.25) is 0 Å². The van der Waals surface area contributed by atoms with Gasteiger partial charge in [0.05, 0.1) is 5.60 Å². The minimum atomic E-state index is -0.635. The number of allylic oxidation sites excluding steroid dienone is 4. The Kier molecular flexibility index (Phi) is 5.01. The van der Waals surface area contributed by atoms with Gasteiger partial charge in [-0.2, -0.15) is 0 Å². The van der Waals surface area contributed by atoms with Gasteiger partial charge in [-0.1, -0.05) is 24.6 Å². The van der Waals surface area contributed by atoms with Crippen LogP contribution in [-0.4, -0.2) is 16.5 Å². The normalized spacial score (nSPS) is 34.5. The lowest BCUT2D eigenvalue weighted by molar-refractivity contribution is -0.118. The minimum Gasteiger partial charge on any atom is -0.390 e. The summed E-state index contributed by atoms with van der Waals surface area (Å²) in [5.74, 6) is 1.03. The molecule has 2 aliphatic rings. The summed E-state index contributed by atoms with van der Waals surface area (Å²) >= 11 is 0. The van der Waals surface area contributed by atoms with Crippen molar-refractivity contribution in [1.29, 1.82) is 0 Å². The van der Waals surface area contributed by atoms with E-state index in [0.717, 1.165) is 37.7 Å². The first-order valence-electron chi connectivity index (χ1n) is 8.71. The van der Waals surface area contributed by atoms with E-state index in [4.69, 9.17) is 0 Å². The van der Waals surface area contributed by atoms with E-state index in [1.54, 1.807) is 0 Å². The Balaban J connectivity index is 2.16. The second kappa shape index (κ2) is 6.31. The number of hydrogen-bond donors (Lipinski definition) is 1. The summed E-state index contributed by atoms with van der Waals surface area (Å²) in [6.07, 6.45) is 9.77. The first-order chi connectivity index (χ1) is 10.2. The van der Waals surface area contributed by atoms with E-state index in [2.05, 4.69) is 32.9 Å². The van der Waals surface area contributed by atoms with Crippen molar-refractivity contribution in [2.75, 3.05) is 0 Å². The molecule has 0 heterocycles. The van der Waals surface area contributed by atoms with Gasteiger partial charge in [-0.15, -0.1) is 0 Å². The summed E-state index contributed by atoms with van der Waals surface area (Å²) in [5, 5.41) is 11.1. The zero-order chi connectivity index (χ0) is 16.5. The topological polar surface area (TPSA) is 37.3 Å². The summed E-state index contributed by atoms with van der Waals surface area (Å²) in [6, 6.07) is 0. The van der Waals surface area contributed by atoms with Gasteiger partial charge in [-0.3, -0.25) is 4.79 Å². The number of rotatable bonds is 4. The SMILES string of the molecule is CC(C)=CCCC(C)(O)C1CCC2(C)CC(=O)C(C)=CCC12. The van der Waals surface area contributed by atoms with Crippen LogP contribution in [0.2, 0.25) is 0 Å². The Morgan fingerprint density at radius 2 is 2.18 bits per heavy atom. The average Bonchev–Trinajstić information content (AvgIpc) is 2.67. The molecular formula is C20H32O2. The van der Waals surface area contributed by atoms with E-state index in [1.807, 2.05) is 13.8 Å². The maximum absolute atomic E-state index is 12.2. The molecule has 0 aliphatic heterocycles. The van der Waals surface area contributed by atoms with Gasteiger partial charge in [0, 0.05) is 6.42 Å². The van der Waals surface area contributed by atoms with Crippen molar-refractivity contribution >= 4 is 5.78 Å². The smallest absolute Gasteiger partial charge is 0.158 e. The molecule has 0 spiro atoms. The fourth-order valence-electron chi connectivity index (χ4n) is 4.53. The van der Waals surface area contributed by atoms with Crippen LogP contribution < -0.4 is 0 Å². The maximum atomic E-state index is 12.2. The predicted molar refractivity (Wildman–Crippen MR) is 91.6 cm³/mol. The third-order valence-electron chi connectivity index (χ3n) is 6.09. The summed E-state index contributed by atoms with van der Waals surface area (Å²) in [5.41, 5.74) is 1.66. The van der Waals surface area contributed by atoms with Crippen molar-refractivity contribution in [2.24, 2.45) is 17.3 Å². The molecule has 4 unspecified atom stereocenters. The molecule has 1 N–H and O–H groups in total. The fraction of sp³-hybridized carbons (Fsp3) is 0.750. The molecule has 22 heavy (non-hydrogen) atoms. The first kappa shape index (κ1) is 17.5. The van der Waals surface area contributed by atoms with Crippen molar-refractivity contribution in [2.45, 2.75) is 78.7 Å². The summed E-state index contributed by atoms with van der Waals surface area (Å²) in [7, 11) is 0. The quantitative estimate of drug-likeness (QED) is 0.756. The molecule has 0 aromatic rings. The van der Waals surface area contributed by atoms with Crippen molar-refractivity contribution in [3.8, 4) is 0 Å². The zero-order valence-electron chi connectivity index (χ0n) is 14.9. The van der Waals surface area contributed by atoms with Crippen LogP contribution in [0.4, 0.5) is 0 Å². The van der Waals surface area contributed by atoms with Gasteiger partial charge < -0.3 is 5.11 Å². The molecule has 0 aromatic carbocycles. The van der Waals surface area contributed by atoms with Crippen LogP contribution >= 0.6 is 0 Å². The van der Waals surface area contributed by atoms with Crippen LogP contribution in [0.25, 0.3) is 0 Å². The lowest BCUT2D eigenvalue weighted by Crippen LogP contribution is -2.39. The number of aliphatic hydroxyl groups is 1. The van der Waals surface area contributed by atoms with Crippen LogP contribution in [-0.2, 0) is 4.79 Å². The van der Waals surface area contributed by atoms with E-state index in [1.165, 1.54) is 5.57 Å². The zero-order valence-corrected chi connectivity index (χ0v) is 14.9. The summed E-state index contributed by atoms with van der Waals surface area (Å²) in [6.45, 7) is 10.4. The van der Waals surface area contributed by atoms with E-state index in [9.17, 15) is 9.90 Å². The Hall–Kier alpha value is -0.890. The van der Waals surface area contributed by atoms with Gasteiger partial charge in [-0.25, -0.2) is 0 Å². The number of carbonyl (C=O) groups excluding carboxylic acids is 1. The Labute approximate surface area is 135 Å². The monoisotopic (exact) mass is 304 g/mol. The molecule has 0 amide bonds. The minimum absolute atomic E-state index is 0.0660. The molecule has 1 saturated carbocycles. The second-order valence-electron chi connectivity index (χ2n) is 8.31. The highest BCUT2D eigenvalue weighted by Gasteiger charge is 2.51. The number of ketones is 1. The molecule has 2 nitrogen and oxygen atoms in total. The van der Waals surface area contributed by atoms with Gasteiger partial charge in [0.25, 0.3) is 0 Å². The van der Waals surface area contributed by atoms with Crippen molar-refractivity contribution in [1.82, 2.24) is 0 Å². The molecule has 2 rings (SSSR count). The van der Waals surface area contributed by atoms with E-state index in [-0.39, 0.29) is 5.41 Å². The van der Waals surface area contributed by atoms with Crippen LogP contribution in [0.5, 0.6) is 0 Å². The Morgan fingerprint density at radius 1 is 1.50 bits per heavy atom. The number of fused-ring (bicyclic) bond motifs is 1. The second-order valence-corrected chi connectivity index (χ2v) is 8.31. The molecule has 2 heteroatoms. The highest BCUT2D eigenvalue weighted by atomic mass is 16.3. The predicted octanol–water partition coefficient (Wildman–Crippen LogP) is 4.83. The first-order valence-corrected chi connectivity index (χ1v) is 8.71. The number of Topliss-reactive ketones (excluding diaryl/α,β-unsaturated/α-hetero) is 1. The lowest BCUT2D eigenvalue weighted by atomic mass is 9.69. The highest BCUT2D eigenvalue weighted by molar-refractivity contribution is 5.95. The van der Waals surface area contributed by atoms with E-state index >= 15 is 0 Å². The van der Waals surface area contributed by atoms with Crippen LogP contribution in [0.15, 0.2) is 23.3 Å². The largest absolute Gasteiger partial charge is 0.390 e. The molecule has 4 atom stereocenters. The Morgan fingerprint density at radius 3 is 2.82 bits per heavy atom. The maximum Gasteiger partial charge on any atom is 0.158 e. The van der Waals surface area contributed by atoms with Gasteiger partial charge in [-0.05, 0) is 82.6 Å². The van der Waals surface area contributed by atoms with Crippen LogP contribution in [0.1, 0.15) is 73.1 Å². The number of hydrogen-bond acceptors (Lipinski definition) is 2. The molecular weight excluding hydrogens is 272 g/mol. The fourth-order valence-corrected chi connectivity index (χ4v) is 4.53.